The fraction of sp³-hybridized carbons (Fsp3) is 0.333. The van der Waals surface area contributed by atoms with E-state index in [2.05, 4.69) is 11.9 Å². The van der Waals surface area contributed by atoms with Crippen molar-refractivity contribution in [1.29, 1.82) is 0 Å². The van der Waals surface area contributed by atoms with E-state index in [1.165, 1.54) is 6.08 Å². The number of nitrogens with one attached hydrogen (secondary N) is 1. The van der Waals surface area contributed by atoms with Crippen LogP contribution in [0.4, 0.5) is 13.2 Å². The maximum atomic E-state index is 13.9. The third-order valence-corrected chi connectivity index (χ3v) is 6.73. The van der Waals surface area contributed by atoms with E-state index in [4.69, 9.17) is 9.84 Å². The SMILES string of the molecule is C=CC(NC(=O)c1c(C)cc(OCCc2ccc(O)cc2)cc1C)/C(=C\C=C(/C)[C@H]1C[C@H]1C(=O)O)C(F)(F)F. The van der Waals surface area contributed by atoms with E-state index in [0.29, 0.717) is 41.9 Å². The normalized spacial score (nSPS) is 18.3. The number of carbonyl (C=O) groups excluding carboxylic acids is 1. The van der Waals surface area contributed by atoms with Gasteiger partial charge in [-0.05, 0) is 74.1 Å². The maximum Gasteiger partial charge on any atom is 0.414 e. The quantitative estimate of drug-likeness (QED) is 0.236. The van der Waals surface area contributed by atoms with Crippen molar-refractivity contribution in [3.63, 3.8) is 0 Å². The fourth-order valence-electron chi connectivity index (χ4n) is 4.48. The lowest BCUT2D eigenvalue weighted by atomic mass is 9.99. The average molecular weight is 544 g/mol. The number of alkyl halides is 3. The number of aromatic hydroxyl groups is 1. The molecule has 0 radical (unpaired) electrons. The molecule has 208 valence electrons. The van der Waals surface area contributed by atoms with Crippen LogP contribution in [0.25, 0.3) is 0 Å². The molecule has 1 saturated carbocycles. The highest BCUT2D eigenvalue weighted by atomic mass is 19.4. The molecule has 1 amide bonds. The van der Waals surface area contributed by atoms with Crippen molar-refractivity contribution in [2.45, 2.75) is 45.8 Å². The number of carboxylic acid groups (broad SMARTS) is 1. The summed E-state index contributed by atoms with van der Waals surface area (Å²) in [5.74, 6) is -1.83. The van der Waals surface area contributed by atoms with Gasteiger partial charge < -0.3 is 20.3 Å². The Bertz CT molecular complexity index is 1270. The summed E-state index contributed by atoms with van der Waals surface area (Å²) in [4.78, 5) is 24.2. The summed E-state index contributed by atoms with van der Waals surface area (Å²) in [6.45, 7) is 8.80. The van der Waals surface area contributed by atoms with Crippen LogP contribution in [-0.4, -0.2) is 40.9 Å². The second kappa shape index (κ2) is 12.2. The van der Waals surface area contributed by atoms with Gasteiger partial charge in [-0.25, -0.2) is 0 Å². The number of aliphatic carboxylic acids is 1. The Labute approximate surface area is 225 Å². The number of hydrogen-bond acceptors (Lipinski definition) is 4. The van der Waals surface area contributed by atoms with Gasteiger partial charge in [-0.15, -0.1) is 6.58 Å². The summed E-state index contributed by atoms with van der Waals surface area (Å²) >= 11 is 0. The minimum absolute atomic E-state index is 0.176. The van der Waals surface area contributed by atoms with Gasteiger partial charge in [0.2, 0.25) is 0 Å². The zero-order valence-corrected chi connectivity index (χ0v) is 22.0. The number of aryl methyl sites for hydroxylation is 2. The number of carboxylic acids is 1. The van der Waals surface area contributed by atoms with E-state index in [1.807, 2.05) is 0 Å². The van der Waals surface area contributed by atoms with Crippen LogP contribution in [0.2, 0.25) is 0 Å². The first-order valence-electron chi connectivity index (χ1n) is 12.5. The molecule has 0 bridgehead atoms. The number of phenols is 1. The maximum absolute atomic E-state index is 13.9. The van der Waals surface area contributed by atoms with Crippen LogP contribution in [0.1, 0.15) is 40.4 Å². The van der Waals surface area contributed by atoms with E-state index >= 15 is 0 Å². The highest BCUT2D eigenvalue weighted by Gasteiger charge is 2.44. The van der Waals surface area contributed by atoms with Gasteiger partial charge in [0.1, 0.15) is 11.5 Å². The predicted octanol–water partition coefficient (Wildman–Crippen LogP) is 6.07. The van der Waals surface area contributed by atoms with Gasteiger partial charge in [0.25, 0.3) is 5.91 Å². The lowest BCUT2D eigenvalue weighted by Crippen LogP contribution is -2.39. The minimum Gasteiger partial charge on any atom is -0.508 e. The van der Waals surface area contributed by atoms with Crippen LogP contribution in [0.3, 0.4) is 0 Å². The van der Waals surface area contributed by atoms with E-state index in [9.17, 15) is 27.9 Å². The Hall–Kier alpha value is -4.01. The van der Waals surface area contributed by atoms with Crippen molar-refractivity contribution in [1.82, 2.24) is 5.32 Å². The number of carbonyl (C=O) groups is 2. The number of halogens is 3. The summed E-state index contributed by atoms with van der Waals surface area (Å²) in [5.41, 5.74) is 1.81. The first kappa shape index (κ1) is 29.5. The first-order valence-corrected chi connectivity index (χ1v) is 12.5. The van der Waals surface area contributed by atoms with Gasteiger partial charge in [0.15, 0.2) is 0 Å². The molecule has 0 aromatic heterocycles. The topological polar surface area (TPSA) is 95.9 Å². The highest BCUT2D eigenvalue weighted by Crippen LogP contribution is 2.44. The van der Waals surface area contributed by atoms with Crippen molar-refractivity contribution >= 4 is 11.9 Å². The van der Waals surface area contributed by atoms with Gasteiger partial charge in [-0.1, -0.05) is 35.9 Å². The molecule has 0 spiro atoms. The molecule has 3 rings (SSSR count). The number of allylic oxidation sites excluding steroid dienone is 3. The summed E-state index contributed by atoms with van der Waals surface area (Å²) in [7, 11) is 0. The predicted molar refractivity (Wildman–Crippen MR) is 142 cm³/mol. The van der Waals surface area contributed by atoms with Gasteiger partial charge in [0, 0.05) is 12.0 Å². The molecule has 0 saturated heterocycles. The molecule has 3 atom stereocenters. The van der Waals surface area contributed by atoms with Crippen LogP contribution >= 0.6 is 0 Å². The number of benzene rings is 2. The second-order valence-corrected chi connectivity index (χ2v) is 9.70. The molecular weight excluding hydrogens is 511 g/mol. The molecule has 39 heavy (non-hydrogen) atoms. The Morgan fingerprint density at radius 2 is 1.74 bits per heavy atom. The fourth-order valence-corrected chi connectivity index (χ4v) is 4.48. The number of ether oxygens (including phenoxy) is 1. The molecule has 3 N–H and O–H groups in total. The number of amides is 1. The molecule has 1 fully saturated rings. The van der Waals surface area contributed by atoms with Gasteiger partial charge in [-0.3, -0.25) is 9.59 Å². The molecular formula is C30H32F3NO5. The first-order chi connectivity index (χ1) is 18.3. The Morgan fingerprint density at radius 3 is 2.26 bits per heavy atom. The second-order valence-electron chi connectivity index (χ2n) is 9.70. The summed E-state index contributed by atoms with van der Waals surface area (Å²) in [5, 5.41) is 20.9. The third-order valence-electron chi connectivity index (χ3n) is 6.73. The Balaban J connectivity index is 1.73. The van der Waals surface area contributed by atoms with Crippen molar-refractivity contribution in [3.8, 4) is 11.5 Å². The molecule has 0 heterocycles. The van der Waals surface area contributed by atoms with Crippen LogP contribution in [-0.2, 0) is 11.2 Å². The zero-order valence-electron chi connectivity index (χ0n) is 22.0. The van der Waals surface area contributed by atoms with Crippen molar-refractivity contribution < 1.29 is 37.7 Å². The molecule has 1 aliphatic carbocycles. The monoisotopic (exact) mass is 543 g/mol. The van der Waals surface area contributed by atoms with Crippen LogP contribution < -0.4 is 10.1 Å². The van der Waals surface area contributed by atoms with E-state index in [-0.39, 0.29) is 17.2 Å². The van der Waals surface area contributed by atoms with Crippen LogP contribution in [0, 0.1) is 25.7 Å². The zero-order chi connectivity index (χ0) is 28.9. The summed E-state index contributed by atoms with van der Waals surface area (Å²) in [6, 6.07) is 8.55. The largest absolute Gasteiger partial charge is 0.508 e. The molecule has 6 nitrogen and oxygen atoms in total. The molecule has 9 heteroatoms. The third kappa shape index (κ3) is 7.75. The van der Waals surface area contributed by atoms with Gasteiger partial charge >= 0.3 is 12.1 Å². The smallest absolute Gasteiger partial charge is 0.414 e. The molecule has 2 aromatic rings. The van der Waals surface area contributed by atoms with Gasteiger partial charge in [-0.2, -0.15) is 13.2 Å². The van der Waals surface area contributed by atoms with Crippen molar-refractivity contribution in [2.75, 3.05) is 6.61 Å². The number of hydrogen-bond donors (Lipinski definition) is 3. The van der Waals surface area contributed by atoms with Crippen LogP contribution in [0.15, 0.2) is 72.4 Å². The Kier molecular flexibility index (Phi) is 9.27. The van der Waals surface area contributed by atoms with E-state index < -0.39 is 35.6 Å². The van der Waals surface area contributed by atoms with E-state index in [1.54, 1.807) is 57.2 Å². The van der Waals surface area contributed by atoms with E-state index in [0.717, 1.165) is 17.7 Å². The average Bonchev–Trinajstić information content (AvgIpc) is 3.65. The highest BCUT2D eigenvalue weighted by molar-refractivity contribution is 5.97. The Morgan fingerprint density at radius 1 is 1.13 bits per heavy atom. The molecule has 2 aromatic carbocycles. The lowest BCUT2D eigenvalue weighted by molar-refractivity contribution is -0.138. The standard InChI is InChI=1S/C30H32F3NO5/c1-5-26(25(30(31,32)33)11-6-17(2)23-16-24(23)29(37)38)34-28(36)27-18(3)14-22(15-19(27)4)39-13-12-20-7-9-21(35)10-8-20/h5-11,14-15,23-24,26,35H,1,12-13,16H2,2-4H3,(H,34,36)(H,37,38)/b17-6+,25-11+/t23-,24-,26?/m1/s1. The molecule has 1 unspecified atom stereocenters. The number of phenolic OH excluding ortho intramolecular Hbond substituents is 1. The molecule has 0 aliphatic heterocycles. The number of rotatable bonds is 11. The van der Waals surface area contributed by atoms with Crippen molar-refractivity contribution in [3.05, 3.63) is 94.6 Å². The molecule has 1 aliphatic rings. The summed E-state index contributed by atoms with van der Waals surface area (Å²) in [6.07, 6.45) is -0.603. The van der Waals surface area contributed by atoms with Gasteiger partial charge in [0.05, 0.1) is 24.1 Å². The van der Waals surface area contributed by atoms with Crippen molar-refractivity contribution in [2.24, 2.45) is 11.8 Å². The lowest BCUT2D eigenvalue weighted by Gasteiger charge is -2.22. The van der Waals surface area contributed by atoms with Crippen LogP contribution in [0.5, 0.6) is 11.5 Å². The summed E-state index contributed by atoms with van der Waals surface area (Å²) < 4.78 is 47.6. The minimum atomic E-state index is -4.75.